The number of ether oxygens (including phenoxy) is 2. The number of halogens is 13. The van der Waals surface area contributed by atoms with Gasteiger partial charge in [-0.2, -0.15) is 57.1 Å². The van der Waals surface area contributed by atoms with Crippen LogP contribution in [-0.4, -0.2) is 38.3 Å². The van der Waals surface area contributed by atoms with Crippen LogP contribution in [0.4, 0.5) is 57.1 Å². The maximum atomic E-state index is 13.2. The molecule has 0 fully saturated rings. The fourth-order valence-corrected chi connectivity index (χ4v) is 1.06. The molecule has 0 rings (SSSR count). The average Bonchev–Trinajstić information content (AvgIpc) is 2.34. The summed E-state index contributed by atoms with van der Waals surface area (Å²) in [7, 11) is 0. The van der Waals surface area contributed by atoms with Gasteiger partial charge in [0.2, 0.25) is 0 Å². The van der Waals surface area contributed by atoms with E-state index in [-0.39, 0.29) is 29.6 Å². The molecule has 0 spiro atoms. The van der Waals surface area contributed by atoms with E-state index >= 15 is 0 Å². The van der Waals surface area contributed by atoms with E-state index < -0.39 is 52.7 Å². The minimum atomic E-state index is -7.34. The zero-order chi connectivity index (χ0) is 20.6. The second-order valence-electron chi connectivity index (χ2n) is 3.62. The van der Waals surface area contributed by atoms with Gasteiger partial charge in [0.15, 0.2) is 0 Å². The van der Waals surface area contributed by atoms with Gasteiger partial charge in [-0.3, -0.25) is 4.21 Å². The predicted octanol–water partition coefficient (Wildman–Crippen LogP) is 0.944. The Labute approximate surface area is 157 Å². The third-order valence-corrected chi connectivity index (χ3v) is 2.58. The van der Waals surface area contributed by atoms with Crippen LogP contribution in [0.15, 0.2) is 12.1 Å². The molecule has 0 amide bonds. The SMILES string of the molecule is O=S([O-])C(F)(F)C(F)(F)OC(F)(F)C(F)(OC(F)=C(F)F)C(F)(F)F.[Na+]. The van der Waals surface area contributed by atoms with Crippen LogP contribution in [0.1, 0.15) is 0 Å². The zero-order valence-electron chi connectivity index (χ0n) is 11.5. The van der Waals surface area contributed by atoms with Crippen LogP contribution < -0.4 is 29.6 Å². The Hall–Kier alpha value is -0.300. The van der Waals surface area contributed by atoms with Crippen molar-refractivity contribution >= 4 is 11.1 Å². The van der Waals surface area contributed by atoms with Crippen molar-refractivity contribution < 1.29 is 105 Å². The molecule has 0 N–H and O–H groups in total. The Balaban J connectivity index is 0. The largest absolute Gasteiger partial charge is 1.00 e. The van der Waals surface area contributed by atoms with E-state index in [9.17, 15) is 65.8 Å². The maximum absolute atomic E-state index is 13.2. The minimum Gasteiger partial charge on any atom is -0.768 e. The van der Waals surface area contributed by atoms with Crippen molar-refractivity contribution in [3.8, 4) is 0 Å². The van der Waals surface area contributed by atoms with Gasteiger partial charge in [0, 0.05) is 11.1 Å². The van der Waals surface area contributed by atoms with Crippen molar-refractivity contribution in [2.75, 3.05) is 0 Å². The van der Waals surface area contributed by atoms with E-state index in [2.05, 4.69) is 0 Å². The van der Waals surface area contributed by atoms with E-state index in [4.69, 9.17) is 0 Å². The molecule has 0 aliphatic rings. The molecule has 0 radical (unpaired) electrons. The van der Waals surface area contributed by atoms with Crippen molar-refractivity contribution in [2.45, 2.75) is 29.5 Å². The van der Waals surface area contributed by atoms with Gasteiger partial charge in [0.25, 0.3) is 0 Å². The zero-order valence-corrected chi connectivity index (χ0v) is 14.3. The Morgan fingerprint density at radius 3 is 1.46 bits per heavy atom. The molecule has 150 valence electrons. The van der Waals surface area contributed by atoms with Crippen LogP contribution in [-0.2, 0) is 20.6 Å². The van der Waals surface area contributed by atoms with Crippen molar-refractivity contribution in [3.63, 3.8) is 0 Å². The second kappa shape index (κ2) is 8.38. The van der Waals surface area contributed by atoms with Crippen LogP contribution in [0.25, 0.3) is 0 Å². The molecule has 0 bridgehead atoms. The van der Waals surface area contributed by atoms with Gasteiger partial charge >= 0.3 is 71.2 Å². The molecule has 0 saturated carbocycles. The number of alkyl halides is 10. The van der Waals surface area contributed by atoms with Gasteiger partial charge in [-0.15, -0.1) is 0 Å². The summed E-state index contributed by atoms with van der Waals surface area (Å²) in [6.07, 6.45) is -25.7. The molecular formula is C7F13NaO4S. The van der Waals surface area contributed by atoms with Gasteiger partial charge in [0.1, 0.15) is 0 Å². The predicted molar refractivity (Wildman–Crippen MR) is 46.2 cm³/mol. The second-order valence-corrected chi connectivity index (χ2v) is 4.60. The summed E-state index contributed by atoms with van der Waals surface area (Å²) in [6, 6.07) is -3.98. The third kappa shape index (κ3) is 5.37. The Morgan fingerprint density at radius 1 is 0.808 bits per heavy atom. The van der Waals surface area contributed by atoms with E-state index in [0.717, 1.165) is 0 Å². The first-order valence-corrected chi connectivity index (χ1v) is 5.89. The van der Waals surface area contributed by atoms with Crippen LogP contribution in [0.3, 0.4) is 0 Å². The average molecular weight is 450 g/mol. The standard InChI is InChI=1S/C7HF13O4S.Na/c8-1(9)2(10)23-3(11,4(12,13)14)5(15,16)24-6(17,18)7(19,20)25(21)22;/h(H,21,22);/q;+1/p-1. The van der Waals surface area contributed by atoms with E-state index in [1.807, 2.05) is 4.74 Å². The van der Waals surface area contributed by atoms with Gasteiger partial charge in [-0.05, 0) is 0 Å². The Morgan fingerprint density at radius 2 is 1.19 bits per heavy atom. The first kappa shape index (κ1) is 27.9. The number of hydrogen-bond donors (Lipinski definition) is 0. The maximum Gasteiger partial charge on any atom is 1.00 e. The van der Waals surface area contributed by atoms with Gasteiger partial charge in [0.05, 0.1) is 0 Å². The fraction of sp³-hybridized carbons (Fsp3) is 0.714. The Bertz CT molecular complexity index is 559. The number of rotatable bonds is 7. The van der Waals surface area contributed by atoms with E-state index in [1.54, 1.807) is 4.74 Å². The van der Waals surface area contributed by atoms with Gasteiger partial charge in [-0.1, -0.05) is 0 Å². The molecule has 2 unspecified atom stereocenters. The topological polar surface area (TPSA) is 58.6 Å². The molecule has 0 saturated heterocycles. The molecule has 0 aromatic carbocycles. The molecule has 0 aromatic rings. The summed E-state index contributed by atoms with van der Waals surface area (Å²) < 4.78 is 185. The molecule has 19 heteroatoms. The number of hydrogen-bond acceptors (Lipinski definition) is 4. The molecular weight excluding hydrogens is 450 g/mol. The fourth-order valence-electron chi connectivity index (χ4n) is 0.827. The van der Waals surface area contributed by atoms with E-state index in [0.29, 0.717) is 0 Å². The minimum absolute atomic E-state index is 0. The van der Waals surface area contributed by atoms with Crippen LogP contribution in [0, 0.1) is 0 Å². The van der Waals surface area contributed by atoms with Crippen LogP contribution in [0.2, 0.25) is 0 Å². The smallest absolute Gasteiger partial charge is 0.768 e. The van der Waals surface area contributed by atoms with Crippen LogP contribution >= 0.6 is 0 Å². The summed E-state index contributed by atoms with van der Waals surface area (Å²) >= 11 is -5.29. The molecule has 0 aliphatic heterocycles. The quantitative estimate of drug-likeness (QED) is 0.251. The van der Waals surface area contributed by atoms with Crippen molar-refractivity contribution in [3.05, 3.63) is 12.1 Å². The van der Waals surface area contributed by atoms with Crippen molar-refractivity contribution in [2.24, 2.45) is 0 Å². The van der Waals surface area contributed by atoms with Crippen molar-refractivity contribution in [1.29, 1.82) is 0 Å². The first-order chi connectivity index (χ1) is 10.7. The Kier molecular flexibility index (Phi) is 8.99. The molecule has 26 heavy (non-hydrogen) atoms. The summed E-state index contributed by atoms with van der Waals surface area (Å²) in [5, 5.41) is -6.64. The van der Waals surface area contributed by atoms with Crippen molar-refractivity contribution in [1.82, 2.24) is 0 Å². The molecule has 2 atom stereocenters. The third-order valence-electron chi connectivity index (χ3n) is 1.92. The molecule has 0 aromatic heterocycles. The van der Waals surface area contributed by atoms with Crippen LogP contribution in [0.5, 0.6) is 0 Å². The molecule has 0 heterocycles. The summed E-state index contributed by atoms with van der Waals surface area (Å²) in [4.78, 5) is 0. The monoisotopic (exact) mass is 450 g/mol. The summed E-state index contributed by atoms with van der Waals surface area (Å²) in [6.45, 7) is 0. The molecule has 4 nitrogen and oxygen atoms in total. The summed E-state index contributed by atoms with van der Waals surface area (Å²) in [5.74, 6) is -7.18. The first-order valence-electron chi connectivity index (χ1n) is 4.81. The normalized spacial score (nSPS) is 17.0. The molecule has 0 aliphatic carbocycles. The van der Waals surface area contributed by atoms with E-state index in [1.165, 1.54) is 0 Å². The summed E-state index contributed by atoms with van der Waals surface area (Å²) in [5.41, 5.74) is 0. The van der Waals surface area contributed by atoms with Gasteiger partial charge in [-0.25, -0.2) is 4.74 Å². The van der Waals surface area contributed by atoms with Gasteiger partial charge < -0.3 is 9.29 Å².